The monoisotopic (exact) mass is 704 g/mol. The van der Waals surface area contributed by atoms with E-state index in [1.807, 2.05) is 48.5 Å². The van der Waals surface area contributed by atoms with Gasteiger partial charge in [-0.3, -0.25) is 9.59 Å². The summed E-state index contributed by atoms with van der Waals surface area (Å²) in [6.07, 6.45) is 4.82. The van der Waals surface area contributed by atoms with E-state index in [0.29, 0.717) is 11.3 Å². The highest BCUT2D eigenvalue weighted by Crippen LogP contribution is 2.18. The molecular weight excluding hydrogens is 680 g/mol. The fourth-order valence-corrected chi connectivity index (χ4v) is 4.44. The molecule has 0 aliphatic rings. The molecule has 0 saturated carbocycles. The highest BCUT2D eigenvalue weighted by molar-refractivity contribution is 9.10. The van der Waals surface area contributed by atoms with Crippen LogP contribution in [0.15, 0.2) is 118 Å². The third kappa shape index (κ3) is 10.8. The lowest BCUT2D eigenvalue weighted by atomic mass is 10.1. The zero-order valence-electron chi connectivity index (χ0n) is 22.8. The molecule has 4 aromatic carbocycles. The minimum Gasteiger partial charge on any atom is -0.478 e. The number of carboxylic acid groups (broad SMARTS) is 2. The molecule has 0 unspecified atom stereocenters. The van der Waals surface area contributed by atoms with Crippen molar-refractivity contribution in [1.82, 2.24) is 0 Å². The van der Waals surface area contributed by atoms with Gasteiger partial charge in [0.05, 0.1) is 16.8 Å². The van der Waals surface area contributed by atoms with Crippen LogP contribution in [0.1, 0.15) is 38.8 Å². The maximum atomic E-state index is 12.2. The summed E-state index contributed by atoms with van der Waals surface area (Å²) in [6.45, 7) is 1.68. The lowest BCUT2D eigenvalue weighted by Gasteiger charge is -2.08. The van der Waals surface area contributed by atoms with Gasteiger partial charge in [0.25, 0.3) is 5.91 Å². The maximum Gasteiger partial charge on any atom is 0.337 e. The molecule has 0 radical (unpaired) electrons. The smallest absolute Gasteiger partial charge is 0.337 e. The SMILES string of the molecule is CC(=Cc1cccc(Br)c1)C(=O)Nc1ccccc1C(=O)O.O=C(C=Cc1cccc(Br)c1)Nc1cccc(C(=O)O)c1. The van der Waals surface area contributed by atoms with Crippen molar-refractivity contribution >= 4 is 79.1 Å². The lowest BCUT2D eigenvalue weighted by Crippen LogP contribution is -2.15. The number of para-hydroxylation sites is 1. The van der Waals surface area contributed by atoms with Gasteiger partial charge in [0.2, 0.25) is 5.91 Å². The van der Waals surface area contributed by atoms with E-state index < -0.39 is 11.9 Å². The van der Waals surface area contributed by atoms with Gasteiger partial charge in [0, 0.05) is 26.3 Å². The second kappa shape index (κ2) is 16.0. The number of benzene rings is 4. The molecule has 4 rings (SSSR count). The van der Waals surface area contributed by atoms with Crippen molar-refractivity contribution in [3.05, 3.63) is 140 Å². The Morgan fingerprint density at radius 2 is 1.33 bits per heavy atom. The zero-order chi connectivity index (χ0) is 31.4. The average Bonchev–Trinajstić information content (AvgIpc) is 2.97. The number of carbonyl (C=O) groups is 4. The molecule has 0 fully saturated rings. The van der Waals surface area contributed by atoms with Crippen LogP contribution in [0.3, 0.4) is 0 Å². The molecule has 8 nitrogen and oxygen atoms in total. The van der Waals surface area contributed by atoms with Crippen LogP contribution in [0, 0.1) is 0 Å². The molecule has 0 atom stereocenters. The third-order valence-electron chi connectivity index (χ3n) is 5.65. The van der Waals surface area contributed by atoms with Gasteiger partial charge < -0.3 is 20.8 Å². The first-order valence-corrected chi connectivity index (χ1v) is 14.3. The Balaban J connectivity index is 0.000000236. The second-order valence-electron chi connectivity index (χ2n) is 8.95. The lowest BCUT2D eigenvalue weighted by molar-refractivity contribution is -0.113. The van der Waals surface area contributed by atoms with Gasteiger partial charge in [0.1, 0.15) is 0 Å². The minimum atomic E-state index is -1.08. The molecule has 0 aliphatic heterocycles. The third-order valence-corrected chi connectivity index (χ3v) is 6.64. The standard InChI is InChI=1S/C17H14BrNO3.C16H12BrNO3/c1-11(9-12-5-4-6-13(18)10-12)16(20)19-15-8-3-2-7-14(15)17(21)22;17-13-5-1-3-11(9-13)7-8-15(19)18-14-6-2-4-12(10-14)16(20)21/h2-10H,1H3,(H,19,20)(H,21,22);1-10H,(H,18,19)(H,20,21). The van der Waals surface area contributed by atoms with E-state index >= 15 is 0 Å². The van der Waals surface area contributed by atoms with Crippen molar-refractivity contribution in [1.29, 1.82) is 0 Å². The molecule has 4 N–H and O–H groups in total. The quantitative estimate of drug-likeness (QED) is 0.137. The predicted octanol–water partition coefficient (Wildman–Crippen LogP) is 7.99. The van der Waals surface area contributed by atoms with Crippen molar-refractivity contribution in [3.63, 3.8) is 0 Å². The van der Waals surface area contributed by atoms with Gasteiger partial charge in [-0.25, -0.2) is 9.59 Å². The predicted molar refractivity (Wildman–Crippen MR) is 175 cm³/mol. The van der Waals surface area contributed by atoms with Crippen LogP contribution in [0.25, 0.3) is 12.2 Å². The van der Waals surface area contributed by atoms with Crippen LogP contribution in [0.5, 0.6) is 0 Å². The molecular formula is C33H26Br2N2O6. The highest BCUT2D eigenvalue weighted by Gasteiger charge is 2.12. The maximum absolute atomic E-state index is 12.2. The van der Waals surface area contributed by atoms with Gasteiger partial charge >= 0.3 is 11.9 Å². The summed E-state index contributed by atoms with van der Waals surface area (Å²) in [4.78, 5) is 46.0. The van der Waals surface area contributed by atoms with Crippen molar-refractivity contribution in [3.8, 4) is 0 Å². The Kier molecular flexibility index (Phi) is 12.2. The van der Waals surface area contributed by atoms with Crippen LogP contribution in [-0.4, -0.2) is 34.0 Å². The van der Waals surface area contributed by atoms with Crippen molar-refractivity contribution in [2.45, 2.75) is 6.92 Å². The molecule has 4 aromatic rings. The van der Waals surface area contributed by atoms with E-state index in [1.54, 1.807) is 49.4 Å². The average molecular weight is 706 g/mol. The van der Waals surface area contributed by atoms with E-state index in [4.69, 9.17) is 10.2 Å². The zero-order valence-corrected chi connectivity index (χ0v) is 25.9. The number of nitrogens with one attached hydrogen (secondary N) is 2. The summed E-state index contributed by atoms with van der Waals surface area (Å²) in [6, 6.07) is 27.5. The second-order valence-corrected chi connectivity index (χ2v) is 10.8. The van der Waals surface area contributed by atoms with E-state index in [0.717, 1.165) is 20.1 Å². The summed E-state index contributed by atoms with van der Waals surface area (Å²) in [5.41, 5.74) is 3.17. The number of hydrogen-bond acceptors (Lipinski definition) is 4. The Labute approximate surface area is 265 Å². The Bertz CT molecular complexity index is 1720. The van der Waals surface area contributed by atoms with Crippen LogP contribution in [-0.2, 0) is 9.59 Å². The number of carbonyl (C=O) groups excluding carboxylic acids is 2. The molecule has 0 heterocycles. The van der Waals surface area contributed by atoms with E-state index in [9.17, 15) is 19.2 Å². The molecule has 43 heavy (non-hydrogen) atoms. The van der Waals surface area contributed by atoms with Crippen molar-refractivity contribution in [2.75, 3.05) is 10.6 Å². The number of halogens is 2. The van der Waals surface area contributed by atoms with Gasteiger partial charge in [0.15, 0.2) is 0 Å². The number of amides is 2. The molecule has 2 amide bonds. The first kappa shape index (κ1) is 32.7. The molecule has 0 saturated heterocycles. The summed E-state index contributed by atoms with van der Waals surface area (Å²) >= 11 is 6.73. The summed E-state index contributed by atoms with van der Waals surface area (Å²) < 4.78 is 1.85. The number of anilines is 2. The topological polar surface area (TPSA) is 133 Å². The number of hydrogen-bond donors (Lipinski definition) is 4. The largest absolute Gasteiger partial charge is 0.478 e. The summed E-state index contributed by atoms with van der Waals surface area (Å²) in [5, 5.41) is 23.3. The number of rotatable bonds is 8. The number of carboxylic acids is 2. The minimum absolute atomic E-state index is 0.0612. The summed E-state index contributed by atoms with van der Waals surface area (Å²) in [7, 11) is 0. The molecule has 0 spiro atoms. The molecule has 218 valence electrons. The van der Waals surface area contributed by atoms with Crippen LogP contribution in [0.2, 0.25) is 0 Å². The Morgan fingerprint density at radius 3 is 1.98 bits per heavy atom. The van der Waals surface area contributed by atoms with Gasteiger partial charge in [-0.05, 0) is 84.8 Å². The molecule has 0 aliphatic carbocycles. The van der Waals surface area contributed by atoms with Crippen molar-refractivity contribution in [2.24, 2.45) is 0 Å². The van der Waals surface area contributed by atoms with Crippen LogP contribution < -0.4 is 10.6 Å². The Morgan fingerprint density at radius 1 is 0.698 bits per heavy atom. The van der Waals surface area contributed by atoms with Gasteiger partial charge in [-0.2, -0.15) is 0 Å². The highest BCUT2D eigenvalue weighted by atomic mass is 79.9. The molecule has 10 heteroatoms. The first-order chi connectivity index (χ1) is 20.5. The Hall–Kier alpha value is -4.80. The fourth-order valence-electron chi connectivity index (χ4n) is 3.61. The van der Waals surface area contributed by atoms with Crippen molar-refractivity contribution < 1.29 is 29.4 Å². The van der Waals surface area contributed by atoms with Gasteiger partial charge in [-0.1, -0.05) is 74.3 Å². The first-order valence-electron chi connectivity index (χ1n) is 12.7. The van der Waals surface area contributed by atoms with Crippen LogP contribution >= 0.6 is 31.9 Å². The number of aromatic carboxylic acids is 2. The fraction of sp³-hybridized carbons (Fsp3) is 0.0303. The summed E-state index contributed by atoms with van der Waals surface area (Å²) in [5.74, 6) is -2.77. The molecule has 0 aromatic heterocycles. The normalized spacial score (nSPS) is 10.8. The van der Waals surface area contributed by atoms with E-state index in [-0.39, 0.29) is 28.6 Å². The van der Waals surface area contributed by atoms with Gasteiger partial charge in [-0.15, -0.1) is 0 Å². The van der Waals surface area contributed by atoms with Crippen LogP contribution in [0.4, 0.5) is 11.4 Å². The van der Waals surface area contributed by atoms with E-state index in [2.05, 4.69) is 42.5 Å². The molecule has 0 bridgehead atoms. The van der Waals surface area contributed by atoms with E-state index in [1.165, 1.54) is 24.3 Å².